The van der Waals surface area contributed by atoms with Gasteiger partial charge in [-0.15, -0.1) is 0 Å². The molecule has 130 valence electrons. The second-order valence-electron chi connectivity index (χ2n) is 6.12. The summed E-state index contributed by atoms with van der Waals surface area (Å²) in [7, 11) is 0. The molecule has 0 amide bonds. The molecule has 2 nitrogen and oxygen atoms in total. The van der Waals surface area contributed by atoms with E-state index in [9.17, 15) is 8.78 Å². The van der Waals surface area contributed by atoms with Crippen molar-refractivity contribution in [3.63, 3.8) is 0 Å². The highest BCUT2D eigenvalue weighted by Crippen LogP contribution is 2.24. The molecule has 4 heteroatoms. The zero-order valence-corrected chi connectivity index (χ0v) is 14.0. The summed E-state index contributed by atoms with van der Waals surface area (Å²) in [6, 6.07) is 22.9. The average Bonchev–Trinajstić information content (AvgIpc) is 3.01. The lowest BCUT2D eigenvalue weighted by atomic mass is 10.2. The summed E-state index contributed by atoms with van der Waals surface area (Å²) >= 11 is 0. The van der Waals surface area contributed by atoms with Gasteiger partial charge in [0.1, 0.15) is 24.0 Å². The zero-order chi connectivity index (χ0) is 17.9. The van der Waals surface area contributed by atoms with Crippen molar-refractivity contribution in [2.45, 2.75) is 13.2 Å². The number of hydrogen-bond acceptors (Lipinski definition) is 1. The van der Waals surface area contributed by atoms with Crippen LogP contribution in [0.15, 0.2) is 78.9 Å². The third-order valence-corrected chi connectivity index (χ3v) is 4.36. The molecule has 0 aliphatic rings. The molecule has 0 saturated carbocycles. The van der Waals surface area contributed by atoms with Crippen LogP contribution >= 0.6 is 0 Å². The van der Waals surface area contributed by atoms with Gasteiger partial charge in [0.05, 0.1) is 12.2 Å². The van der Waals surface area contributed by atoms with Gasteiger partial charge in [-0.25, -0.2) is 8.78 Å². The minimum atomic E-state index is -0.444. The average molecular weight is 349 g/mol. The molecule has 4 rings (SSSR count). The van der Waals surface area contributed by atoms with Crippen LogP contribution in [0, 0.1) is 11.6 Å². The maximum atomic E-state index is 14.1. The van der Waals surface area contributed by atoms with Crippen LogP contribution in [0.2, 0.25) is 0 Å². The molecule has 26 heavy (non-hydrogen) atoms. The lowest BCUT2D eigenvalue weighted by Crippen LogP contribution is -2.08. The molecule has 0 N–H and O–H groups in total. The molecule has 0 aliphatic heterocycles. The van der Waals surface area contributed by atoms with E-state index in [0.29, 0.717) is 12.2 Å². The molecule has 1 heterocycles. The summed E-state index contributed by atoms with van der Waals surface area (Å²) in [5.41, 5.74) is 2.17. The van der Waals surface area contributed by atoms with Gasteiger partial charge in [0.2, 0.25) is 0 Å². The lowest BCUT2D eigenvalue weighted by molar-refractivity contribution is 0.296. The van der Waals surface area contributed by atoms with Crippen LogP contribution < -0.4 is 4.74 Å². The monoisotopic (exact) mass is 349 g/mol. The number of hydrogen-bond donors (Lipinski definition) is 0. The molecule has 0 atom stereocenters. The molecule has 0 aliphatic carbocycles. The van der Waals surface area contributed by atoms with Gasteiger partial charge in [-0.3, -0.25) is 0 Å². The summed E-state index contributed by atoms with van der Waals surface area (Å²) in [6.45, 7) is 0.584. The quantitative estimate of drug-likeness (QED) is 0.461. The summed E-state index contributed by atoms with van der Waals surface area (Å²) < 4.78 is 35.5. The first kappa shape index (κ1) is 16.3. The highest BCUT2D eigenvalue weighted by atomic mass is 19.1. The topological polar surface area (TPSA) is 14.2 Å². The Labute approximate surface area is 150 Å². The largest absolute Gasteiger partial charge is 0.487 e. The van der Waals surface area contributed by atoms with Gasteiger partial charge in [0.25, 0.3) is 0 Å². The number of nitrogens with zero attached hydrogens (tertiary/aromatic N) is 1. The third-order valence-electron chi connectivity index (χ3n) is 4.36. The first-order chi connectivity index (χ1) is 12.7. The van der Waals surface area contributed by atoms with Gasteiger partial charge in [0.15, 0.2) is 0 Å². The molecule has 0 saturated heterocycles. The second-order valence-corrected chi connectivity index (χ2v) is 6.12. The molecular formula is C22H17F2NO. The van der Waals surface area contributed by atoms with Gasteiger partial charge < -0.3 is 9.30 Å². The van der Waals surface area contributed by atoms with Gasteiger partial charge in [-0.05, 0) is 47.9 Å². The predicted octanol–water partition coefficient (Wildman–Crippen LogP) is 5.55. The first-order valence-electron chi connectivity index (χ1n) is 8.39. The summed E-state index contributed by atoms with van der Waals surface area (Å²) in [5, 5.41) is 1.04. The molecular weight excluding hydrogens is 332 g/mol. The van der Waals surface area contributed by atoms with Gasteiger partial charge in [-0.1, -0.05) is 36.4 Å². The van der Waals surface area contributed by atoms with Crippen molar-refractivity contribution < 1.29 is 13.5 Å². The highest BCUT2D eigenvalue weighted by molar-refractivity contribution is 5.81. The molecule has 1 aromatic heterocycles. The summed E-state index contributed by atoms with van der Waals surface area (Å²) in [6.07, 6.45) is 0. The molecule has 0 bridgehead atoms. The number of benzene rings is 3. The number of aromatic nitrogens is 1. The minimum Gasteiger partial charge on any atom is -0.487 e. The predicted molar refractivity (Wildman–Crippen MR) is 98.2 cm³/mol. The van der Waals surface area contributed by atoms with Crippen molar-refractivity contribution >= 4 is 10.9 Å². The minimum absolute atomic E-state index is 0.241. The van der Waals surface area contributed by atoms with Crippen LogP contribution in [0.1, 0.15) is 11.3 Å². The number of fused-ring (bicyclic) bond motifs is 1. The van der Waals surface area contributed by atoms with Crippen molar-refractivity contribution in [1.29, 1.82) is 0 Å². The molecule has 3 aromatic carbocycles. The van der Waals surface area contributed by atoms with Crippen molar-refractivity contribution in [3.05, 3.63) is 102 Å². The summed E-state index contributed by atoms with van der Waals surface area (Å²) in [5.74, 6) is -0.0969. The standard InChI is InChI=1S/C22H17F2NO/c23-18-10-11-21(24)17(12-18)14-25-19(13-16-6-4-5-9-22(16)25)15-26-20-7-2-1-3-8-20/h1-13H,14-15H2. The molecule has 0 radical (unpaired) electrons. The maximum Gasteiger partial charge on any atom is 0.128 e. The Hall–Kier alpha value is -3.14. The van der Waals surface area contributed by atoms with E-state index in [4.69, 9.17) is 4.74 Å². The summed E-state index contributed by atoms with van der Waals surface area (Å²) in [4.78, 5) is 0. The van der Waals surface area contributed by atoms with Crippen LogP contribution in [0.25, 0.3) is 10.9 Å². The van der Waals surface area contributed by atoms with Crippen molar-refractivity contribution in [3.8, 4) is 5.75 Å². The van der Waals surface area contributed by atoms with Gasteiger partial charge in [0, 0.05) is 11.1 Å². The van der Waals surface area contributed by atoms with Crippen LogP contribution in [0.5, 0.6) is 5.75 Å². The van der Waals surface area contributed by atoms with E-state index >= 15 is 0 Å². The molecule has 0 fully saturated rings. The van der Waals surface area contributed by atoms with E-state index in [0.717, 1.165) is 34.5 Å². The van der Waals surface area contributed by atoms with Crippen LogP contribution in [0.4, 0.5) is 8.78 Å². The number of ether oxygens (including phenoxy) is 1. The number of para-hydroxylation sites is 2. The van der Waals surface area contributed by atoms with E-state index in [1.54, 1.807) is 0 Å². The molecule has 4 aromatic rings. The Balaban J connectivity index is 1.70. The van der Waals surface area contributed by atoms with E-state index in [1.807, 2.05) is 65.2 Å². The first-order valence-corrected chi connectivity index (χ1v) is 8.39. The molecule has 0 unspecified atom stereocenters. The lowest BCUT2D eigenvalue weighted by Gasteiger charge is -2.13. The highest BCUT2D eigenvalue weighted by Gasteiger charge is 2.12. The molecule has 0 spiro atoms. The van der Waals surface area contributed by atoms with Crippen LogP contribution in [-0.2, 0) is 13.2 Å². The van der Waals surface area contributed by atoms with Crippen LogP contribution in [-0.4, -0.2) is 4.57 Å². The fourth-order valence-corrected chi connectivity index (χ4v) is 3.08. The number of rotatable bonds is 5. The van der Waals surface area contributed by atoms with Crippen molar-refractivity contribution in [2.75, 3.05) is 0 Å². The van der Waals surface area contributed by atoms with E-state index in [-0.39, 0.29) is 6.54 Å². The van der Waals surface area contributed by atoms with E-state index in [1.165, 1.54) is 6.07 Å². The van der Waals surface area contributed by atoms with E-state index < -0.39 is 11.6 Å². The second kappa shape index (κ2) is 7.00. The Kier molecular flexibility index (Phi) is 4.40. The Morgan fingerprint density at radius 2 is 1.58 bits per heavy atom. The smallest absolute Gasteiger partial charge is 0.128 e. The van der Waals surface area contributed by atoms with Crippen LogP contribution in [0.3, 0.4) is 0 Å². The van der Waals surface area contributed by atoms with E-state index in [2.05, 4.69) is 0 Å². The Morgan fingerprint density at radius 3 is 2.42 bits per heavy atom. The SMILES string of the molecule is Fc1ccc(F)c(Cn2c(COc3ccccc3)cc3ccccc32)c1. The van der Waals surface area contributed by atoms with Gasteiger partial charge in [-0.2, -0.15) is 0 Å². The number of halogens is 2. The maximum absolute atomic E-state index is 14.1. The fourth-order valence-electron chi connectivity index (χ4n) is 3.08. The Morgan fingerprint density at radius 1 is 0.808 bits per heavy atom. The normalized spacial score (nSPS) is 11.0. The fraction of sp³-hybridized carbons (Fsp3) is 0.0909. The third kappa shape index (κ3) is 3.31. The van der Waals surface area contributed by atoms with Crippen molar-refractivity contribution in [1.82, 2.24) is 4.57 Å². The van der Waals surface area contributed by atoms with Gasteiger partial charge >= 0.3 is 0 Å². The van der Waals surface area contributed by atoms with Crippen molar-refractivity contribution in [2.24, 2.45) is 0 Å². The Bertz CT molecular complexity index is 1040. The zero-order valence-electron chi connectivity index (χ0n) is 14.0.